The van der Waals surface area contributed by atoms with Gasteiger partial charge in [0.05, 0.1) is 5.92 Å². The minimum atomic E-state index is -0.718. The minimum Gasteiger partial charge on any atom is -0.481 e. The van der Waals surface area contributed by atoms with Crippen molar-refractivity contribution in [1.29, 1.82) is 0 Å². The quantitative estimate of drug-likeness (QED) is 0.704. The molecular formula is C10H21NO2. The summed E-state index contributed by atoms with van der Waals surface area (Å²) in [5, 5.41) is 11.9. The lowest BCUT2D eigenvalue weighted by molar-refractivity contribution is -0.141. The Kier molecular flexibility index (Phi) is 4.40. The van der Waals surface area contributed by atoms with Crippen LogP contribution in [0.15, 0.2) is 0 Å². The average molecular weight is 187 g/mol. The first-order valence-corrected chi connectivity index (χ1v) is 4.69. The lowest BCUT2D eigenvalue weighted by atomic mass is 9.82. The van der Waals surface area contributed by atoms with Crippen LogP contribution in [0.1, 0.15) is 34.1 Å². The molecule has 0 aromatic heterocycles. The molecule has 2 unspecified atom stereocenters. The average Bonchev–Trinajstić information content (AvgIpc) is 1.96. The van der Waals surface area contributed by atoms with Crippen molar-refractivity contribution in [2.75, 3.05) is 7.05 Å². The Labute approximate surface area is 80.5 Å². The molecule has 0 aliphatic carbocycles. The van der Waals surface area contributed by atoms with E-state index in [1.54, 1.807) is 6.92 Å². The molecular weight excluding hydrogens is 166 g/mol. The summed E-state index contributed by atoms with van der Waals surface area (Å²) in [6, 6.07) is 0.249. The summed E-state index contributed by atoms with van der Waals surface area (Å²) >= 11 is 0. The molecule has 2 atom stereocenters. The lowest BCUT2D eigenvalue weighted by Gasteiger charge is -2.31. The van der Waals surface area contributed by atoms with Crippen molar-refractivity contribution in [2.24, 2.45) is 11.3 Å². The zero-order valence-corrected chi connectivity index (χ0v) is 9.22. The van der Waals surface area contributed by atoms with Gasteiger partial charge in [0.15, 0.2) is 0 Å². The third-order valence-electron chi connectivity index (χ3n) is 2.40. The number of rotatable bonds is 4. The maximum Gasteiger partial charge on any atom is 0.306 e. The van der Waals surface area contributed by atoms with E-state index in [9.17, 15) is 4.79 Å². The second-order valence-corrected chi connectivity index (χ2v) is 4.68. The van der Waals surface area contributed by atoms with Gasteiger partial charge in [-0.3, -0.25) is 4.79 Å². The Morgan fingerprint density at radius 3 is 2.15 bits per heavy atom. The highest BCUT2D eigenvalue weighted by Crippen LogP contribution is 2.24. The number of hydrogen-bond acceptors (Lipinski definition) is 2. The van der Waals surface area contributed by atoms with Gasteiger partial charge in [-0.2, -0.15) is 0 Å². The van der Waals surface area contributed by atoms with E-state index in [2.05, 4.69) is 26.1 Å². The summed E-state index contributed by atoms with van der Waals surface area (Å²) in [4.78, 5) is 10.6. The number of aliphatic carboxylic acids is 1. The SMILES string of the molecule is CNC(CC(C)C(=O)O)C(C)(C)C. The van der Waals surface area contributed by atoms with Gasteiger partial charge in [0, 0.05) is 6.04 Å². The molecule has 0 saturated heterocycles. The highest BCUT2D eigenvalue weighted by Gasteiger charge is 2.26. The van der Waals surface area contributed by atoms with Gasteiger partial charge in [-0.05, 0) is 18.9 Å². The van der Waals surface area contributed by atoms with Crippen LogP contribution < -0.4 is 5.32 Å². The van der Waals surface area contributed by atoms with Crippen LogP contribution in [0.25, 0.3) is 0 Å². The zero-order valence-electron chi connectivity index (χ0n) is 9.22. The molecule has 0 heterocycles. The molecule has 0 aliphatic rings. The van der Waals surface area contributed by atoms with Crippen molar-refractivity contribution >= 4 is 5.97 Å². The topological polar surface area (TPSA) is 49.3 Å². The monoisotopic (exact) mass is 187 g/mol. The Hall–Kier alpha value is -0.570. The zero-order chi connectivity index (χ0) is 10.6. The summed E-state index contributed by atoms with van der Waals surface area (Å²) in [5.74, 6) is -0.999. The largest absolute Gasteiger partial charge is 0.481 e. The first-order valence-electron chi connectivity index (χ1n) is 4.69. The highest BCUT2D eigenvalue weighted by atomic mass is 16.4. The van der Waals surface area contributed by atoms with Gasteiger partial charge < -0.3 is 10.4 Å². The van der Waals surface area contributed by atoms with E-state index >= 15 is 0 Å². The summed E-state index contributed by atoms with van der Waals surface area (Å²) < 4.78 is 0. The number of hydrogen-bond donors (Lipinski definition) is 2. The second kappa shape index (κ2) is 4.61. The summed E-state index contributed by atoms with van der Waals surface area (Å²) in [6.07, 6.45) is 0.676. The van der Waals surface area contributed by atoms with Crippen LogP contribution in [0.4, 0.5) is 0 Å². The number of carboxylic acid groups (broad SMARTS) is 1. The number of carbonyl (C=O) groups is 1. The molecule has 0 aromatic carbocycles. The Morgan fingerprint density at radius 1 is 1.46 bits per heavy atom. The fraction of sp³-hybridized carbons (Fsp3) is 0.900. The molecule has 0 aliphatic heterocycles. The molecule has 3 nitrogen and oxygen atoms in total. The summed E-state index contributed by atoms with van der Waals surface area (Å²) in [6.45, 7) is 8.09. The first kappa shape index (κ1) is 12.4. The molecule has 3 heteroatoms. The molecule has 0 fully saturated rings. The molecule has 13 heavy (non-hydrogen) atoms. The first-order chi connectivity index (χ1) is 5.79. The van der Waals surface area contributed by atoms with Crippen LogP contribution in [-0.4, -0.2) is 24.2 Å². The predicted octanol–water partition coefficient (Wildman–Crippen LogP) is 1.73. The van der Waals surface area contributed by atoms with E-state index in [1.807, 2.05) is 7.05 Å². The Morgan fingerprint density at radius 2 is 1.92 bits per heavy atom. The van der Waals surface area contributed by atoms with Crippen LogP contribution in [0, 0.1) is 11.3 Å². The van der Waals surface area contributed by atoms with Crippen molar-refractivity contribution in [2.45, 2.75) is 40.2 Å². The van der Waals surface area contributed by atoms with Gasteiger partial charge in [0.25, 0.3) is 0 Å². The summed E-state index contributed by atoms with van der Waals surface area (Å²) in [5.41, 5.74) is 0.110. The fourth-order valence-electron chi connectivity index (χ4n) is 1.36. The fourth-order valence-corrected chi connectivity index (χ4v) is 1.36. The van der Waals surface area contributed by atoms with Gasteiger partial charge in [-0.15, -0.1) is 0 Å². The Balaban J connectivity index is 4.22. The molecule has 0 bridgehead atoms. The molecule has 78 valence electrons. The van der Waals surface area contributed by atoms with Gasteiger partial charge in [0.1, 0.15) is 0 Å². The normalized spacial score (nSPS) is 16.7. The van der Waals surface area contributed by atoms with Gasteiger partial charge in [0.2, 0.25) is 0 Å². The molecule has 0 spiro atoms. The van der Waals surface area contributed by atoms with Crippen molar-refractivity contribution in [3.8, 4) is 0 Å². The van der Waals surface area contributed by atoms with Gasteiger partial charge >= 0.3 is 5.97 Å². The van der Waals surface area contributed by atoms with Crippen molar-refractivity contribution < 1.29 is 9.90 Å². The van der Waals surface area contributed by atoms with E-state index in [1.165, 1.54) is 0 Å². The van der Waals surface area contributed by atoms with E-state index in [0.717, 1.165) is 0 Å². The maximum atomic E-state index is 10.6. The van der Waals surface area contributed by atoms with Crippen LogP contribution in [0.3, 0.4) is 0 Å². The lowest BCUT2D eigenvalue weighted by Crippen LogP contribution is -2.40. The maximum absolute atomic E-state index is 10.6. The van der Waals surface area contributed by atoms with E-state index in [4.69, 9.17) is 5.11 Å². The van der Waals surface area contributed by atoms with E-state index in [-0.39, 0.29) is 17.4 Å². The van der Waals surface area contributed by atoms with Gasteiger partial charge in [-0.25, -0.2) is 0 Å². The molecule has 0 amide bonds. The summed E-state index contributed by atoms with van der Waals surface area (Å²) in [7, 11) is 1.88. The van der Waals surface area contributed by atoms with Crippen molar-refractivity contribution in [3.05, 3.63) is 0 Å². The number of nitrogens with one attached hydrogen (secondary N) is 1. The third-order valence-corrected chi connectivity index (χ3v) is 2.40. The van der Waals surface area contributed by atoms with Crippen molar-refractivity contribution in [1.82, 2.24) is 5.32 Å². The smallest absolute Gasteiger partial charge is 0.306 e. The third kappa shape index (κ3) is 4.27. The number of carboxylic acids is 1. The molecule has 0 rings (SSSR count). The van der Waals surface area contributed by atoms with E-state index in [0.29, 0.717) is 6.42 Å². The van der Waals surface area contributed by atoms with Crippen LogP contribution >= 0.6 is 0 Å². The van der Waals surface area contributed by atoms with Crippen LogP contribution in [-0.2, 0) is 4.79 Å². The molecule has 0 radical (unpaired) electrons. The van der Waals surface area contributed by atoms with Crippen molar-refractivity contribution in [3.63, 3.8) is 0 Å². The minimum absolute atomic E-state index is 0.110. The van der Waals surface area contributed by atoms with E-state index < -0.39 is 5.97 Å². The molecule has 0 saturated carbocycles. The molecule has 2 N–H and O–H groups in total. The second-order valence-electron chi connectivity index (χ2n) is 4.68. The van der Waals surface area contributed by atoms with Gasteiger partial charge in [-0.1, -0.05) is 27.7 Å². The van der Waals surface area contributed by atoms with Crippen LogP contribution in [0.5, 0.6) is 0 Å². The Bertz CT molecular complexity index is 172. The molecule has 0 aromatic rings. The highest BCUT2D eigenvalue weighted by molar-refractivity contribution is 5.69. The van der Waals surface area contributed by atoms with Crippen LogP contribution in [0.2, 0.25) is 0 Å². The standard InChI is InChI=1S/C10H21NO2/c1-7(9(12)13)6-8(11-5)10(2,3)4/h7-8,11H,6H2,1-5H3,(H,12,13). The predicted molar refractivity (Wildman–Crippen MR) is 53.7 cm³/mol.